The van der Waals surface area contributed by atoms with Gasteiger partial charge >= 0.3 is 0 Å². The number of aromatic nitrogens is 1. The summed E-state index contributed by atoms with van der Waals surface area (Å²) < 4.78 is 52.1. The molecule has 0 bridgehead atoms. The lowest BCUT2D eigenvalue weighted by molar-refractivity contribution is 0.391. The molecule has 2 aromatic carbocycles. The van der Waals surface area contributed by atoms with Crippen molar-refractivity contribution in [2.45, 2.75) is 31.7 Å². The van der Waals surface area contributed by atoms with Gasteiger partial charge in [-0.25, -0.2) is 12.8 Å². The van der Waals surface area contributed by atoms with Crippen LogP contribution in [0.25, 0.3) is 0 Å². The van der Waals surface area contributed by atoms with Crippen LogP contribution in [0.4, 0.5) is 4.39 Å². The second kappa shape index (κ2) is 13.0. The molecule has 34 heavy (non-hydrogen) atoms. The van der Waals surface area contributed by atoms with Gasteiger partial charge in [-0.1, -0.05) is 24.3 Å². The Balaban J connectivity index is 0.00000199. The minimum absolute atomic E-state index is 0.185. The summed E-state index contributed by atoms with van der Waals surface area (Å²) >= 11 is 0. The first-order chi connectivity index (χ1) is 16.3. The van der Waals surface area contributed by atoms with Crippen LogP contribution in [0.15, 0.2) is 66.9 Å². The molecular formula is C25H31FN2O5S. The number of aliphatic hydroxyl groups excluding tert-OH is 1. The van der Waals surface area contributed by atoms with Crippen molar-refractivity contribution < 1.29 is 27.4 Å². The van der Waals surface area contributed by atoms with Crippen LogP contribution in [0.5, 0.6) is 11.5 Å². The predicted octanol–water partition coefficient (Wildman–Crippen LogP) is 3.81. The topological polar surface area (TPSA) is 89.0 Å². The first-order valence-electron chi connectivity index (χ1n) is 10.6. The normalized spacial score (nSPS) is 12.0. The molecule has 7 nitrogen and oxygen atoms in total. The quantitative estimate of drug-likeness (QED) is 0.465. The molecule has 0 spiro atoms. The van der Waals surface area contributed by atoms with Crippen LogP contribution in [0.1, 0.15) is 23.7 Å². The summed E-state index contributed by atoms with van der Waals surface area (Å²) in [4.78, 5) is 4.01. The minimum Gasteiger partial charge on any atom is -0.497 e. The maximum atomic E-state index is 13.5. The Morgan fingerprint density at radius 2 is 1.35 bits per heavy atom. The SMILES string of the molecule is CO.COc1ccc(CN(Cc2ccc(OC)cc2)S(=O)(=O)[C@H](C)Cc2ccc(F)cn2)cc1. The zero-order chi connectivity index (χ0) is 25.1. The monoisotopic (exact) mass is 490 g/mol. The highest BCUT2D eigenvalue weighted by Crippen LogP contribution is 2.22. The molecule has 184 valence electrons. The lowest BCUT2D eigenvalue weighted by atomic mass is 10.2. The van der Waals surface area contributed by atoms with E-state index in [-0.39, 0.29) is 19.5 Å². The molecule has 1 heterocycles. The highest BCUT2D eigenvalue weighted by molar-refractivity contribution is 7.89. The molecular weight excluding hydrogens is 459 g/mol. The number of ether oxygens (including phenoxy) is 2. The summed E-state index contributed by atoms with van der Waals surface area (Å²) in [7, 11) is 0.468. The number of benzene rings is 2. The van der Waals surface area contributed by atoms with Crippen LogP contribution in [-0.2, 0) is 29.5 Å². The molecule has 3 aromatic rings. The van der Waals surface area contributed by atoms with Crippen molar-refractivity contribution in [2.75, 3.05) is 21.3 Å². The number of hydrogen-bond acceptors (Lipinski definition) is 6. The fourth-order valence-corrected chi connectivity index (χ4v) is 4.83. The van der Waals surface area contributed by atoms with Gasteiger partial charge in [0.05, 0.1) is 25.7 Å². The Morgan fingerprint density at radius 3 is 1.74 bits per heavy atom. The van der Waals surface area contributed by atoms with E-state index in [1.807, 2.05) is 24.3 Å². The smallest absolute Gasteiger partial charge is 0.217 e. The number of sulfonamides is 1. The summed E-state index contributed by atoms with van der Waals surface area (Å²) in [5.74, 6) is 0.952. The van der Waals surface area contributed by atoms with Crippen LogP contribution in [0.2, 0.25) is 0 Å². The standard InChI is InChI=1S/C24H27FN2O4S.CH4O/c1-18(14-22-9-8-21(25)15-26-22)32(28,29)27(16-19-4-10-23(30-2)11-5-19)17-20-6-12-24(31-3)13-7-20;1-2/h4-13,15,18H,14,16-17H2,1-3H3;2H,1H3/t18-;/m1./s1. The highest BCUT2D eigenvalue weighted by atomic mass is 32.2. The van der Waals surface area contributed by atoms with E-state index in [1.165, 1.54) is 16.4 Å². The van der Waals surface area contributed by atoms with Gasteiger partial charge in [0.2, 0.25) is 10.0 Å². The highest BCUT2D eigenvalue weighted by Gasteiger charge is 2.29. The number of hydrogen-bond donors (Lipinski definition) is 1. The van der Waals surface area contributed by atoms with Gasteiger partial charge in [0, 0.05) is 32.3 Å². The lowest BCUT2D eigenvalue weighted by Gasteiger charge is -2.26. The van der Waals surface area contributed by atoms with E-state index in [9.17, 15) is 12.8 Å². The molecule has 0 saturated heterocycles. The van der Waals surface area contributed by atoms with E-state index in [0.717, 1.165) is 24.4 Å². The predicted molar refractivity (Wildman–Crippen MR) is 130 cm³/mol. The first-order valence-corrected chi connectivity index (χ1v) is 12.1. The Morgan fingerprint density at radius 1 is 0.882 bits per heavy atom. The maximum absolute atomic E-state index is 13.5. The Kier molecular flexibility index (Phi) is 10.4. The maximum Gasteiger partial charge on any atom is 0.217 e. The molecule has 1 N–H and O–H groups in total. The van der Waals surface area contributed by atoms with Crippen molar-refractivity contribution in [3.63, 3.8) is 0 Å². The summed E-state index contributed by atoms with van der Waals surface area (Å²) in [6.45, 7) is 2.06. The molecule has 9 heteroatoms. The van der Waals surface area contributed by atoms with Gasteiger partial charge < -0.3 is 14.6 Å². The van der Waals surface area contributed by atoms with E-state index in [0.29, 0.717) is 17.2 Å². The molecule has 0 saturated carbocycles. The molecule has 0 amide bonds. The van der Waals surface area contributed by atoms with Crippen molar-refractivity contribution in [1.29, 1.82) is 0 Å². The molecule has 0 aliphatic carbocycles. The fraction of sp³-hybridized carbons (Fsp3) is 0.320. The average molecular weight is 491 g/mol. The van der Waals surface area contributed by atoms with Crippen LogP contribution in [0, 0.1) is 5.82 Å². The number of rotatable bonds is 10. The van der Waals surface area contributed by atoms with Crippen LogP contribution in [0.3, 0.4) is 0 Å². The summed E-state index contributed by atoms with van der Waals surface area (Å²) in [5, 5.41) is 6.26. The third kappa shape index (κ3) is 7.51. The van der Waals surface area contributed by atoms with E-state index in [2.05, 4.69) is 4.98 Å². The first kappa shape index (κ1) is 27.2. The molecule has 0 unspecified atom stereocenters. The third-order valence-corrected chi connectivity index (χ3v) is 7.35. The second-order valence-electron chi connectivity index (χ2n) is 7.49. The zero-order valence-corrected chi connectivity index (χ0v) is 20.6. The molecule has 0 aliphatic heterocycles. The Hall–Kier alpha value is -3.01. The number of nitrogens with zero attached hydrogens (tertiary/aromatic N) is 2. The lowest BCUT2D eigenvalue weighted by Crippen LogP contribution is -2.37. The van der Waals surface area contributed by atoms with E-state index < -0.39 is 21.1 Å². The minimum atomic E-state index is -3.70. The number of methoxy groups -OCH3 is 2. The molecule has 1 aromatic heterocycles. The molecule has 3 rings (SSSR count). The molecule has 0 radical (unpaired) electrons. The zero-order valence-electron chi connectivity index (χ0n) is 19.8. The number of aliphatic hydroxyl groups is 1. The molecule has 0 fully saturated rings. The van der Waals surface area contributed by atoms with Crippen molar-refractivity contribution in [3.05, 3.63) is 89.5 Å². The number of pyridine rings is 1. The number of halogens is 1. The van der Waals surface area contributed by atoms with Gasteiger partial charge in [0.15, 0.2) is 0 Å². The van der Waals surface area contributed by atoms with Gasteiger partial charge in [0.1, 0.15) is 17.3 Å². The second-order valence-corrected chi connectivity index (χ2v) is 9.84. The van der Waals surface area contributed by atoms with Crippen molar-refractivity contribution in [1.82, 2.24) is 9.29 Å². The van der Waals surface area contributed by atoms with Crippen molar-refractivity contribution in [3.8, 4) is 11.5 Å². The van der Waals surface area contributed by atoms with Crippen molar-refractivity contribution in [2.24, 2.45) is 0 Å². The average Bonchev–Trinajstić information content (AvgIpc) is 2.87. The summed E-state index contributed by atoms with van der Waals surface area (Å²) in [6, 6.07) is 17.4. The van der Waals surface area contributed by atoms with Crippen LogP contribution >= 0.6 is 0 Å². The van der Waals surface area contributed by atoms with E-state index in [1.54, 1.807) is 45.4 Å². The van der Waals surface area contributed by atoms with Crippen LogP contribution < -0.4 is 9.47 Å². The van der Waals surface area contributed by atoms with E-state index in [4.69, 9.17) is 14.6 Å². The Labute approximate surface area is 200 Å². The summed E-state index contributed by atoms with van der Waals surface area (Å²) in [6.07, 6.45) is 1.28. The largest absolute Gasteiger partial charge is 0.497 e. The van der Waals surface area contributed by atoms with Crippen molar-refractivity contribution >= 4 is 10.0 Å². The fourth-order valence-electron chi connectivity index (χ4n) is 3.29. The van der Waals surface area contributed by atoms with Gasteiger partial charge in [-0.2, -0.15) is 4.31 Å². The summed E-state index contributed by atoms with van der Waals surface area (Å²) in [5.41, 5.74) is 2.21. The third-order valence-electron chi connectivity index (χ3n) is 5.19. The van der Waals surface area contributed by atoms with Gasteiger partial charge in [-0.15, -0.1) is 0 Å². The molecule has 0 aliphatic rings. The van der Waals surface area contributed by atoms with Gasteiger partial charge in [-0.3, -0.25) is 4.98 Å². The Bertz CT molecular complexity index is 1060. The molecule has 1 atom stereocenters. The van der Waals surface area contributed by atoms with Gasteiger partial charge in [-0.05, 0) is 54.4 Å². The van der Waals surface area contributed by atoms with E-state index >= 15 is 0 Å². The van der Waals surface area contributed by atoms with Gasteiger partial charge in [0.25, 0.3) is 0 Å². The van der Waals surface area contributed by atoms with Crippen LogP contribution in [-0.4, -0.2) is 49.4 Å².